The fourth-order valence-electron chi connectivity index (χ4n) is 2.32. The maximum absolute atomic E-state index is 5.60. The van der Waals surface area contributed by atoms with Gasteiger partial charge in [-0.2, -0.15) is 5.10 Å². The van der Waals surface area contributed by atoms with Crippen LogP contribution >= 0.6 is 0 Å². The van der Waals surface area contributed by atoms with Crippen molar-refractivity contribution in [2.75, 3.05) is 6.54 Å². The lowest BCUT2D eigenvalue weighted by Crippen LogP contribution is -2.03. The summed E-state index contributed by atoms with van der Waals surface area (Å²) < 4.78 is 1.96. The number of hydrogen-bond donors (Lipinski definition) is 1. The number of hydrogen-bond acceptors (Lipinski definition) is 2. The molecule has 0 spiro atoms. The van der Waals surface area contributed by atoms with Crippen molar-refractivity contribution in [2.24, 2.45) is 12.8 Å². The molecule has 2 rings (SSSR count). The van der Waals surface area contributed by atoms with E-state index in [2.05, 4.69) is 50.1 Å². The van der Waals surface area contributed by atoms with Gasteiger partial charge in [0, 0.05) is 19.0 Å². The second kappa shape index (κ2) is 5.57. The number of rotatable bonds is 4. The van der Waals surface area contributed by atoms with E-state index in [1.807, 2.05) is 11.7 Å². The molecule has 0 aliphatic heterocycles. The van der Waals surface area contributed by atoms with E-state index in [9.17, 15) is 0 Å². The minimum absolute atomic E-state index is 0.538. The Bertz CT molecular complexity index is 567. The van der Waals surface area contributed by atoms with Crippen molar-refractivity contribution in [2.45, 2.75) is 33.1 Å². The van der Waals surface area contributed by atoms with Crippen molar-refractivity contribution < 1.29 is 0 Å². The molecule has 0 radical (unpaired) electrons. The highest BCUT2D eigenvalue weighted by molar-refractivity contribution is 5.65. The first-order chi connectivity index (χ1) is 9.02. The SMILES string of the molecule is Cc1ccc(C(C)C)cc1-c1cc(CCN)nn1C. The average Bonchev–Trinajstić information content (AvgIpc) is 2.71. The largest absolute Gasteiger partial charge is 0.330 e. The number of benzene rings is 1. The molecular formula is C16H23N3. The smallest absolute Gasteiger partial charge is 0.0684 e. The monoisotopic (exact) mass is 257 g/mol. The lowest BCUT2D eigenvalue weighted by atomic mass is 9.96. The average molecular weight is 257 g/mol. The summed E-state index contributed by atoms with van der Waals surface area (Å²) >= 11 is 0. The molecule has 0 fully saturated rings. The second-order valence-corrected chi connectivity index (χ2v) is 5.41. The molecule has 0 aliphatic rings. The van der Waals surface area contributed by atoms with Crippen LogP contribution in [0.2, 0.25) is 0 Å². The summed E-state index contributed by atoms with van der Waals surface area (Å²) in [6.07, 6.45) is 0.830. The van der Waals surface area contributed by atoms with Gasteiger partial charge in [0.1, 0.15) is 0 Å². The third-order valence-electron chi connectivity index (χ3n) is 3.54. The Balaban J connectivity index is 2.48. The van der Waals surface area contributed by atoms with Crippen LogP contribution in [0.1, 0.15) is 36.6 Å². The summed E-state index contributed by atoms with van der Waals surface area (Å²) in [5, 5.41) is 4.53. The molecule has 0 atom stereocenters. The standard InChI is InChI=1S/C16H23N3/c1-11(2)13-6-5-12(3)15(9-13)16-10-14(7-8-17)18-19(16)4/h5-6,9-11H,7-8,17H2,1-4H3. The number of nitrogens with two attached hydrogens (primary N) is 1. The van der Waals surface area contributed by atoms with Gasteiger partial charge in [-0.25, -0.2) is 0 Å². The van der Waals surface area contributed by atoms with E-state index < -0.39 is 0 Å². The van der Waals surface area contributed by atoms with Gasteiger partial charge in [0.05, 0.1) is 11.4 Å². The van der Waals surface area contributed by atoms with Gasteiger partial charge in [0.15, 0.2) is 0 Å². The van der Waals surface area contributed by atoms with Gasteiger partial charge in [-0.15, -0.1) is 0 Å². The lowest BCUT2D eigenvalue weighted by Gasteiger charge is -2.11. The zero-order valence-corrected chi connectivity index (χ0v) is 12.3. The third kappa shape index (κ3) is 2.87. The maximum atomic E-state index is 5.60. The number of aryl methyl sites for hydroxylation is 2. The van der Waals surface area contributed by atoms with Crippen molar-refractivity contribution in [1.29, 1.82) is 0 Å². The Hall–Kier alpha value is -1.61. The van der Waals surface area contributed by atoms with Gasteiger partial charge in [-0.1, -0.05) is 26.0 Å². The Morgan fingerprint density at radius 1 is 1.26 bits per heavy atom. The molecule has 0 saturated carbocycles. The van der Waals surface area contributed by atoms with Crippen LogP contribution in [0.15, 0.2) is 24.3 Å². The van der Waals surface area contributed by atoms with E-state index in [1.54, 1.807) is 0 Å². The molecule has 102 valence electrons. The molecule has 1 aromatic heterocycles. The van der Waals surface area contributed by atoms with Crippen LogP contribution in [0, 0.1) is 6.92 Å². The third-order valence-corrected chi connectivity index (χ3v) is 3.54. The first-order valence-corrected chi connectivity index (χ1v) is 6.86. The highest BCUT2D eigenvalue weighted by Gasteiger charge is 2.11. The molecular weight excluding hydrogens is 234 g/mol. The zero-order valence-electron chi connectivity index (χ0n) is 12.3. The molecule has 0 unspecified atom stereocenters. The number of aromatic nitrogens is 2. The Kier molecular flexibility index (Phi) is 4.05. The van der Waals surface area contributed by atoms with Gasteiger partial charge < -0.3 is 5.73 Å². The van der Waals surface area contributed by atoms with Gasteiger partial charge in [-0.05, 0) is 42.6 Å². The van der Waals surface area contributed by atoms with E-state index in [0.29, 0.717) is 12.5 Å². The summed E-state index contributed by atoms with van der Waals surface area (Å²) in [5.41, 5.74) is 11.8. The summed E-state index contributed by atoms with van der Waals surface area (Å²) in [6, 6.07) is 8.84. The van der Waals surface area contributed by atoms with Gasteiger partial charge >= 0.3 is 0 Å². The molecule has 3 heteroatoms. The van der Waals surface area contributed by atoms with E-state index >= 15 is 0 Å². The quantitative estimate of drug-likeness (QED) is 0.915. The Labute approximate surface area is 115 Å². The van der Waals surface area contributed by atoms with Crippen LogP contribution in [0.4, 0.5) is 0 Å². The van der Waals surface area contributed by atoms with Crippen molar-refractivity contribution in [1.82, 2.24) is 9.78 Å². The normalized spacial score (nSPS) is 11.3. The molecule has 19 heavy (non-hydrogen) atoms. The minimum Gasteiger partial charge on any atom is -0.330 e. The van der Waals surface area contributed by atoms with Crippen LogP contribution in [0.5, 0.6) is 0 Å². The van der Waals surface area contributed by atoms with Crippen LogP contribution < -0.4 is 5.73 Å². The Morgan fingerprint density at radius 3 is 2.63 bits per heavy atom. The predicted octanol–water partition coefficient (Wildman–Crippen LogP) is 3.02. The predicted molar refractivity (Wildman–Crippen MR) is 80.2 cm³/mol. The van der Waals surface area contributed by atoms with Crippen molar-refractivity contribution in [3.63, 3.8) is 0 Å². The molecule has 2 N–H and O–H groups in total. The van der Waals surface area contributed by atoms with E-state index in [0.717, 1.165) is 12.1 Å². The second-order valence-electron chi connectivity index (χ2n) is 5.41. The molecule has 0 saturated heterocycles. The first-order valence-electron chi connectivity index (χ1n) is 6.86. The van der Waals surface area contributed by atoms with Gasteiger partial charge in [0.25, 0.3) is 0 Å². The molecule has 0 amide bonds. The zero-order chi connectivity index (χ0) is 14.0. The summed E-state index contributed by atoms with van der Waals surface area (Å²) in [4.78, 5) is 0. The van der Waals surface area contributed by atoms with E-state index in [4.69, 9.17) is 5.73 Å². The topological polar surface area (TPSA) is 43.8 Å². The fraction of sp³-hybridized carbons (Fsp3) is 0.438. The summed E-state index contributed by atoms with van der Waals surface area (Å²) in [5.74, 6) is 0.538. The molecule has 1 heterocycles. The van der Waals surface area contributed by atoms with Crippen LogP contribution in [-0.2, 0) is 13.5 Å². The highest BCUT2D eigenvalue weighted by atomic mass is 15.3. The summed E-state index contributed by atoms with van der Waals surface area (Å²) in [7, 11) is 2.00. The minimum atomic E-state index is 0.538. The Morgan fingerprint density at radius 2 is 2.00 bits per heavy atom. The van der Waals surface area contributed by atoms with E-state index in [1.165, 1.54) is 22.4 Å². The van der Waals surface area contributed by atoms with Gasteiger partial charge in [0.2, 0.25) is 0 Å². The first kappa shape index (κ1) is 13.8. The van der Waals surface area contributed by atoms with E-state index in [-0.39, 0.29) is 0 Å². The maximum Gasteiger partial charge on any atom is 0.0684 e. The summed E-state index contributed by atoms with van der Waals surface area (Å²) in [6.45, 7) is 7.23. The van der Waals surface area contributed by atoms with Crippen molar-refractivity contribution in [3.8, 4) is 11.3 Å². The molecule has 0 aliphatic carbocycles. The van der Waals surface area contributed by atoms with Crippen LogP contribution in [0.25, 0.3) is 11.3 Å². The highest BCUT2D eigenvalue weighted by Crippen LogP contribution is 2.27. The fourth-order valence-corrected chi connectivity index (χ4v) is 2.32. The van der Waals surface area contributed by atoms with Crippen molar-refractivity contribution >= 4 is 0 Å². The lowest BCUT2D eigenvalue weighted by molar-refractivity contribution is 0.744. The molecule has 0 bridgehead atoms. The van der Waals surface area contributed by atoms with Crippen LogP contribution in [0.3, 0.4) is 0 Å². The molecule has 1 aromatic carbocycles. The molecule has 3 nitrogen and oxygen atoms in total. The molecule has 2 aromatic rings. The van der Waals surface area contributed by atoms with Crippen LogP contribution in [-0.4, -0.2) is 16.3 Å². The van der Waals surface area contributed by atoms with Crippen molar-refractivity contribution in [3.05, 3.63) is 41.1 Å². The number of nitrogens with zero attached hydrogens (tertiary/aromatic N) is 2. The van der Waals surface area contributed by atoms with Gasteiger partial charge in [-0.3, -0.25) is 4.68 Å².